The van der Waals surface area contributed by atoms with E-state index >= 15 is 0 Å². The van der Waals surface area contributed by atoms with Crippen LogP contribution in [0.15, 0.2) is 24.3 Å². The van der Waals surface area contributed by atoms with Crippen LogP contribution in [0, 0.1) is 5.92 Å². The molecular formula is C18H28ClN3O2. The maximum atomic E-state index is 12.2. The molecule has 0 spiro atoms. The Morgan fingerprint density at radius 2 is 1.96 bits per heavy atom. The van der Waals surface area contributed by atoms with Crippen LogP contribution >= 0.6 is 12.4 Å². The zero-order valence-electron chi connectivity index (χ0n) is 14.7. The van der Waals surface area contributed by atoms with Crippen LogP contribution < -0.4 is 16.0 Å². The quantitative estimate of drug-likeness (QED) is 0.823. The van der Waals surface area contributed by atoms with E-state index in [-0.39, 0.29) is 36.6 Å². The average Bonchev–Trinajstić information content (AvgIpc) is 2.87. The summed E-state index contributed by atoms with van der Waals surface area (Å²) in [5.41, 5.74) is 7.55. The molecule has 2 amide bonds. The molecule has 1 saturated heterocycles. The minimum Gasteiger partial charge on any atom is -0.354 e. The van der Waals surface area contributed by atoms with Crippen molar-refractivity contribution in [3.8, 4) is 0 Å². The summed E-state index contributed by atoms with van der Waals surface area (Å²) in [4.78, 5) is 26.1. The Bertz CT molecular complexity index is 567. The Kier molecular flexibility index (Phi) is 7.24. The van der Waals surface area contributed by atoms with Crippen molar-refractivity contribution in [2.75, 3.05) is 18.0 Å². The monoisotopic (exact) mass is 353 g/mol. The van der Waals surface area contributed by atoms with Crippen LogP contribution in [0.3, 0.4) is 0 Å². The number of anilines is 1. The Labute approximate surface area is 150 Å². The fourth-order valence-electron chi connectivity index (χ4n) is 2.72. The van der Waals surface area contributed by atoms with Gasteiger partial charge in [-0.3, -0.25) is 9.59 Å². The smallest absolute Gasteiger partial charge is 0.227 e. The van der Waals surface area contributed by atoms with E-state index < -0.39 is 5.54 Å². The molecule has 5 nitrogen and oxygen atoms in total. The van der Waals surface area contributed by atoms with Gasteiger partial charge in [0.15, 0.2) is 0 Å². The first-order valence-electron chi connectivity index (χ1n) is 8.26. The third-order valence-electron chi connectivity index (χ3n) is 4.00. The molecular weight excluding hydrogens is 326 g/mol. The van der Waals surface area contributed by atoms with Crippen molar-refractivity contribution in [3.05, 3.63) is 29.8 Å². The van der Waals surface area contributed by atoms with Gasteiger partial charge in [0, 0.05) is 30.7 Å². The number of aryl methyl sites for hydroxylation is 1. The maximum Gasteiger partial charge on any atom is 0.227 e. The Morgan fingerprint density at radius 3 is 2.50 bits per heavy atom. The number of halogens is 1. The molecule has 6 heteroatoms. The summed E-state index contributed by atoms with van der Waals surface area (Å²) in [5.74, 6) is -0.400. The highest BCUT2D eigenvalue weighted by atomic mass is 35.5. The molecule has 0 bridgehead atoms. The number of nitrogens with one attached hydrogen (secondary N) is 1. The van der Waals surface area contributed by atoms with E-state index in [0.29, 0.717) is 13.1 Å². The van der Waals surface area contributed by atoms with Gasteiger partial charge >= 0.3 is 0 Å². The molecule has 24 heavy (non-hydrogen) atoms. The van der Waals surface area contributed by atoms with Gasteiger partial charge in [0.1, 0.15) is 0 Å². The number of hydrogen-bond donors (Lipinski definition) is 2. The van der Waals surface area contributed by atoms with Gasteiger partial charge in [-0.25, -0.2) is 0 Å². The first kappa shape index (κ1) is 20.5. The van der Waals surface area contributed by atoms with E-state index in [1.165, 1.54) is 5.56 Å². The summed E-state index contributed by atoms with van der Waals surface area (Å²) in [6, 6.07) is 8.03. The number of benzene rings is 1. The summed E-state index contributed by atoms with van der Waals surface area (Å²) in [7, 11) is 0. The van der Waals surface area contributed by atoms with Crippen LogP contribution in [0.2, 0.25) is 0 Å². The van der Waals surface area contributed by atoms with Crippen LogP contribution in [0.4, 0.5) is 5.69 Å². The second-order valence-corrected chi connectivity index (χ2v) is 7.03. The van der Waals surface area contributed by atoms with Gasteiger partial charge in [-0.2, -0.15) is 0 Å². The molecule has 0 aliphatic carbocycles. The molecule has 134 valence electrons. The molecule has 1 aromatic carbocycles. The summed E-state index contributed by atoms with van der Waals surface area (Å²) >= 11 is 0. The van der Waals surface area contributed by atoms with Crippen LogP contribution in [0.5, 0.6) is 0 Å². The van der Waals surface area contributed by atoms with Gasteiger partial charge in [-0.15, -0.1) is 12.4 Å². The zero-order valence-corrected chi connectivity index (χ0v) is 15.5. The molecule has 0 radical (unpaired) electrons. The second-order valence-electron chi connectivity index (χ2n) is 7.03. The number of nitrogens with zero attached hydrogens (tertiary/aromatic N) is 1. The Balaban J connectivity index is 0.00000288. The minimum absolute atomic E-state index is 0. The largest absolute Gasteiger partial charge is 0.354 e. The fraction of sp³-hybridized carbons (Fsp3) is 0.556. The van der Waals surface area contributed by atoms with Crippen molar-refractivity contribution in [1.82, 2.24) is 5.32 Å². The first-order chi connectivity index (χ1) is 10.8. The Morgan fingerprint density at radius 1 is 1.33 bits per heavy atom. The summed E-state index contributed by atoms with van der Waals surface area (Å²) in [5, 5.41) is 2.84. The first-order valence-corrected chi connectivity index (χ1v) is 8.26. The SMILES string of the molecule is CCCc1ccc(N2CC(C(=O)NCC(C)(C)N)CC2=O)cc1.Cl. The number of nitrogens with two attached hydrogens (primary N) is 1. The topological polar surface area (TPSA) is 75.4 Å². The van der Waals surface area contributed by atoms with Gasteiger partial charge in [-0.05, 0) is 38.0 Å². The predicted octanol–water partition coefficient (Wildman–Crippen LogP) is 2.27. The lowest BCUT2D eigenvalue weighted by Crippen LogP contribution is -2.46. The zero-order chi connectivity index (χ0) is 17.0. The summed E-state index contributed by atoms with van der Waals surface area (Å²) in [6.07, 6.45) is 2.39. The molecule has 1 aliphatic heterocycles. The maximum absolute atomic E-state index is 12.2. The lowest BCUT2D eigenvalue weighted by atomic mass is 10.1. The van der Waals surface area contributed by atoms with Crippen molar-refractivity contribution in [3.63, 3.8) is 0 Å². The molecule has 1 fully saturated rings. The van der Waals surface area contributed by atoms with Gasteiger partial charge in [-0.1, -0.05) is 25.5 Å². The van der Waals surface area contributed by atoms with E-state index in [1.807, 2.05) is 26.0 Å². The highest BCUT2D eigenvalue weighted by Gasteiger charge is 2.35. The van der Waals surface area contributed by atoms with Gasteiger partial charge < -0.3 is 16.0 Å². The number of carbonyl (C=O) groups is 2. The van der Waals surface area contributed by atoms with E-state index in [2.05, 4.69) is 24.4 Å². The lowest BCUT2D eigenvalue weighted by Gasteiger charge is -2.21. The molecule has 2 rings (SSSR count). The molecule has 1 heterocycles. The van der Waals surface area contributed by atoms with Crippen molar-refractivity contribution in [2.24, 2.45) is 11.7 Å². The number of amides is 2. The normalized spacial score (nSPS) is 17.6. The van der Waals surface area contributed by atoms with E-state index in [9.17, 15) is 9.59 Å². The van der Waals surface area contributed by atoms with Crippen LogP contribution in [0.1, 0.15) is 39.2 Å². The molecule has 0 aromatic heterocycles. The van der Waals surface area contributed by atoms with Crippen molar-refractivity contribution in [1.29, 1.82) is 0 Å². The summed E-state index contributed by atoms with van der Waals surface area (Å²) < 4.78 is 0. The number of hydrogen-bond acceptors (Lipinski definition) is 3. The molecule has 1 atom stereocenters. The Hall–Kier alpha value is -1.59. The van der Waals surface area contributed by atoms with Crippen molar-refractivity contribution >= 4 is 29.9 Å². The third kappa shape index (κ3) is 5.49. The van der Waals surface area contributed by atoms with Gasteiger partial charge in [0.2, 0.25) is 11.8 Å². The standard InChI is InChI=1S/C18H27N3O2.ClH/c1-4-5-13-6-8-15(9-7-13)21-11-14(10-16(21)22)17(23)20-12-18(2,3)19;/h6-9,14H,4-5,10-12,19H2,1-3H3,(H,20,23);1H. The van der Waals surface area contributed by atoms with E-state index in [4.69, 9.17) is 5.73 Å². The van der Waals surface area contributed by atoms with Crippen LogP contribution in [-0.4, -0.2) is 30.4 Å². The number of carbonyl (C=O) groups excluding carboxylic acids is 2. The van der Waals surface area contributed by atoms with Gasteiger partial charge in [0.25, 0.3) is 0 Å². The van der Waals surface area contributed by atoms with Gasteiger partial charge in [0.05, 0.1) is 5.92 Å². The van der Waals surface area contributed by atoms with Crippen molar-refractivity contribution in [2.45, 2.75) is 45.6 Å². The number of rotatable bonds is 6. The molecule has 0 saturated carbocycles. The predicted molar refractivity (Wildman–Crippen MR) is 99.4 cm³/mol. The summed E-state index contributed by atoms with van der Waals surface area (Å²) in [6.45, 7) is 6.70. The van der Waals surface area contributed by atoms with Crippen molar-refractivity contribution < 1.29 is 9.59 Å². The minimum atomic E-state index is -0.451. The second kappa shape index (κ2) is 8.49. The van der Waals surface area contributed by atoms with E-state index in [0.717, 1.165) is 18.5 Å². The average molecular weight is 354 g/mol. The lowest BCUT2D eigenvalue weighted by molar-refractivity contribution is -0.126. The molecule has 1 unspecified atom stereocenters. The molecule has 3 N–H and O–H groups in total. The highest BCUT2D eigenvalue weighted by Crippen LogP contribution is 2.25. The van der Waals surface area contributed by atoms with Crippen LogP contribution in [-0.2, 0) is 16.0 Å². The highest BCUT2D eigenvalue weighted by molar-refractivity contribution is 6.00. The fourth-order valence-corrected chi connectivity index (χ4v) is 2.72. The third-order valence-corrected chi connectivity index (χ3v) is 4.00. The van der Waals surface area contributed by atoms with E-state index in [1.54, 1.807) is 4.90 Å². The molecule has 1 aromatic rings. The van der Waals surface area contributed by atoms with Crippen LogP contribution in [0.25, 0.3) is 0 Å². The molecule has 1 aliphatic rings.